The maximum atomic E-state index is 13.5. The minimum atomic E-state index is -0.904. The number of aliphatic hydroxyl groups is 1. The van der Waals surface area contributed by atoms with Crippen molar-refractivity contribution in [2.75, 3.05) is 45.2 Å². The van der Waals surface area contributed by atoms with Crippen molar-refractivity contribution in [3.05, 3.63) is 82.9 Å². The van der Waals surface area contributed by atoms with Gasteiger partial charge in [-0.05, 0) is 36.8 Å². The summed E-state index contributed by atoms with van der Waals surface area (Å²) in [5.41, 5.74) is 3.16. The fourth-order valence-electron chi connectivity index (χ4n) is 4.45. The molecule has 0 saturated carbocycles. The minimum absolute atomic E-state index is 0.0340. The van der Waals surface area contributed by atoms with Crippen molar-refractivity contribution in [2.24, 2.45) is 0 Å². The van der Waals surface area contributed by atoms with Crippen LogP contribution >= 0.6 is 0 Å². The molecule has 0 spiro atoms. The lowest BCUT2D eigenvalue weighted by atomic mass is 9.94. The molecular formula is C29H30N2O6. The number of methoxy groups -OCH3 is 3. The van der Waals surface area contributed by atoms with Gasteiger partial charge in [0, 0.05) is 38.0 Å². The Kier molecular flexibility index (Phi) is 7.11. The van der Waals surface area contributed by atoms with Gasteiger partial charge in [0.1, 0.15) is 23.0 Å². The summed E-state index contributed by atoms with van der Waals surface area (Å²) in [5, 5.41) is 11.5. The van der Waals surface area contributed by atoms with Crippen LogP contribution in [-0.2, 0) is 9.59 Å². The van der Waals surface area contributed by atoms with Gasteiger partial charge in [-0.15, -0.1) is 0 Å². The molecule has 1 heterocycles. The number of Topliss-reactive ketones (excluding diaryl/α,β-unsaturated/α-hetero) is 1. The molecule has 0 bridgehead atoms. The summed E-state index contributed by atoms with van der Waals surface area (Å²) in [7, 11) is 8.35. The molecule has 192 valence electrons. The summed E-state index contributed by atoms with van der Waals surface area (Å²) >= 11 is 0. The van der Waals surface area contributed by atoms with E-state index in [-0.39, 0.29) is 11.3 Å². The Bertz CT molecular complexity index is 1360. The van der Waals surface area contributed by atoms with Gasteiger partial charge in [-0.1, -0.05) is 23.8 Å². The van der Waals surface area contributed by atoms with Gasteiger partial charge in [0.2, 0.25) is 0 Å². The third-order valence-corrected chi connectivity index (χ3v) is 6.39. The Morgan fingerprint density at radius 3 is 2.03 bits per heavy atom. The van der Waals surface area contributed by atoms with Crippen LogP contribution in [0.1, 0.15) is 22.7 Å². The van der Waals surface area contributed by atoms with Gasteiger partial charge >= 0.3 is 0 Å². The molecule has 0 aromatic heterocycles. The Morgan fingerprint density at radius 1 is 0.865 bits per heavy atom. The molecule has 37 heavy (non-hydrogen) atoms. The van der Waals surface area contributed by atoms with Crippen LogP contribution in [-0.4, -0.2) is 52.2 Å². The average Bonchev–Trinajstić information content (AvgIpc) is 3.17. The van der Waals surface area contributed by atoms with E-state index in [9.17, 15) is 14.7 Å². The number of ketones is 1. The van der Waals surface area contributed by atoms with Crippen molar-refractivity contribution in [2.45, 2.75) is 13.0 Å². The highest BCUT2D eigenvalue weighted by Gasteiger charge is 2.47. The molecule has 0 aliphatic carbocycles. The van der Waals surface area contributed by atoms with Crippen LogP contribution in [0.3, 0.4) is 0 Å². The van der Waals surface area contributed by atoms with E-state index < -0.39 is 17.7 Å². The molecule has 8 heteroatoms. The zero-order valence-electron chi connectivity index (χ0n) is 21.7. The van der Waals surface area contributed by atoms with E-state index in [0.29, 0.717) is 34.1 Å². The van der Waals surface area contributed by atoms with Crippen molar-refractivity contribution >= 4 is 28.8 Å². The fourth-order valence-corrected chi connectivity index (χ4v) is 4.45. The number of hydrogen-bond acceptors (Lipinski definition) is 7. The van der Waals surface area contributed by atoms with Gasteiger partial charge in [0.25, 0.3) is 11.7 Å². The van der Waals surface area contributed by atoms with Crippen LogP contribution in [0.25, 0.3) is 5.76 Å². The number of benzene rings is 3. The lowest BCUT2D eigenvalue weighted by molar-refractivity contribution is -0.132. The summed E-state index contributed by atoms with van der Waals surface area (Å²) in [5.74, 6) is -0.580. The van der Waals surface area contributed by atoms with Gasteiger partial charge in [0.15, 0.2) is 0 Å². The van der Waals surface area contributed by atoms with E-state index in [1.165, 1.54) is 26.2 Å². The second-order valence-electron chi connectivity index (χ2n) is 8.93. The highest BCUT2D eigenvalue weighted by atomic mass is 16.5. The van der Waals surface area contributed by atoms with Gasteiger partial charge in [-0.2, -0.15) is 0 Å². The number of rotatable bonds is 7. The van der Waals surface area contributed by atoms with E-state index in [1.807, 2.05) is 56.3 Å². The van der Waals surface area contributed by atoms with Crippen LogP contribution in [0.2, 0.25) is 0 Å². The van der Waals surface area contributed by atoms with Crippen molar-refractivity contribution < 1.29 is 28.9 Å². The number of carbonyl (C=O) groups excluding carboxylic acids is 2. The molecule has 0 radical (unpaired) electrons. The third-order valence-electron chi connectivity index (χ3n) is 6.39. The number of nitrogens with zero attached hydrogens (tertiary/aromatic N) is 2. The fraction of sp³-hybridized carbons (Fsp3) is 0.241. The molecule has 1 N–H and O–H groups in total. The van der Waals surface area contributed by atoms with Crippen LogP contribution < -0.4 is 24.0 Å². The Balaban J connectivity index is 1.99. The average molecular weight is 503 g/mol. The molecule has 1 atom stereocenters. The summed E-state index contributed by atoms with van der Waals surface area (Å²) < 4.78 is 16.3. The molecule has 3 aromatic rings. The molecule has 1 unspecified atom stereocenters. The zero-order valence-corrected chi connectivity index (χ0v) is 21.7. The Morgan fingerprint density at radius 2 is 1.49 bits per heavy atom. The lowest BCUT2D eigenvalue weighted by Crippen LogP contribution is -2.29. The van der Waals surface area contributed by atoms with Crippen LogP contribution in [0.5, 0.6) is 17.2 Å². The molecule has 1 aliphatic rings. The smallest absolute Gasteiger partial charge is 0.300 e. The van der Waals surface area contributed by atoms with Gasteiger partial charge in [-0.3, -0.25) is 14.5 Å². The van der Waals surface area contributed by atoms with Crippen LogP contribution in [0.4, 0.5) is 11.4 Å². The highest BCUT2D eigenvalue weighted by Crippen LogP contribution is 2.45. The monoisotopic (exact) mass is 502 g/mol. The van der Waals surface area contributed by atoms with Gasteiger partial charge in [0.05, 0.1) is 44.2 Å². The first kappa shape index (κ1) is 25.6. The number of ether oxygens (including phenoxy) is 3. The largest absolute Gasteiger partial charge is 0.507 e. The van der Waals surface area contributed by atoms with Gasteiger partial charge < -0.3 is 24.2 Å². The highest BCUT2D eigenvalue weighted by molar-refractivity contribution is 6.51. The number of carbonyl (C=O) groups is 2. The number of aliphatic hydroxyl groups excluding tert-OH is 1. The maximum absolute atomic E-state index is 13.5. The number of anilines is 2. The Hall–Kier alpha value is -4.46. The minimum Gasteiger partial charge on any atom is -0.507 e. The van der Waals surface area contributed by atoms with Crippen LogP contribution in [0.15, 0.2) is 66.2 Å². The predicted octanol–water partition coefficient (Wildman–Crippen LogP) is 4.71. The SMILES string of the molecule is COc1cc(OC)cc(N2C(=O)C(=O)/C(=C(/O)c3cc(C)ccc3OC)C2c2ccc(N(C)C)cc2)c1. The number of aryl methyl sites for hydroxylation is 1. The zero-order chi connectivity index (χ0) is 26.9. The van der Waals surface area contributed by atoms with E-state index >= 15 is 0 Å². The summed E-state index contributed by atoms with van der Waals surface area (Å²) in [6, 6.07) is 16.9. The predicted molar refractivity (Wildman–Crippen MR) is 143 cm³/mol. The molecule has 1 amide bonds. The first-order valence-corrected chi connectivity index (χ1v) is 11.7. The second kappa shape index (κ2) is 10.3. The first-order chi connectivity index (χ1) is 17.7. The summed E-state index contributed by atoms with van der Waals surface area (Å²) in [6.07, 6.45) is 0. The van der Waals surface area contributed by atoms with Crippen molar-refractivity contribution in [3.8, 4) is 17.2 Å². The summed E-state index contributed by atoms with van der Waals surface area (Å²) in [4.78, 5) is 30.4. The quantitative estimate of drug-likeness (QED) is 0.284. The van der Waals surface area contributed by atoms with Crippen molar-refractivity contribution in [1.82, 2.24) is 0 Å². The van der Waals surface area contributed by atoms with E-state index in [4.69, 9.17) is 14.2 Å². The normalized spacial score (nSPS) is 16.6. The van der Waals surface area contributed by atoms with E-state index in [0.717, 1.165) is 11.3 Å². The molecule has 4 rings (SSSR count). The Labute approximate surface area is 216 Å². The second-order valence-corrected chi connectivity index (χ2v) is 8.93. The summed E-state index contributed by atoms with van der Waals surface area (Å²) in [6.45, 7) is 1.87. The molecule has 1 saturated heterocycles. The molecular weight excluding hydrogens is 472 g/mol. The first-order valence-electron chi connectivity index (χ1n) is 11.7. The molecule has 1 aliphatic heterocycles. The topological polar surface area (TPSA) is 88.5 Å². The maximum Gasteiger partial charge on any atom is 0.300 e. The molecule has 1 fully saturated rings. The number of hydrogen-bond donors (Lipinski definition) is 1. The molecule has 3 aromatic carbocycles. The van der Waals surface area contributed by atoms with E-state index in [1.54, 1.807) is 30.3 Å². The number of amides is 1. The third kappa shape index (κ3) is 4.70. The lowest BCUT2D eigenvalue weighted by Gasteiger charge is -2.26. The standard InChI is InChI=1S/C29H30N2O6/c1-17-7-12-24(37-6)23(13-17)27(32)25-26(18-8-10-19(11-9-18)30(2)3)31(29(34)28(25)33)20-14-21(35-4)16-22(15-20)36-5/h7-16,26,32H,1-6H3/b27-25+. The van der Waals surface area contributed by atoms with Crippen molar-refractivity contribution in [1.29, 1.82) is 0 Å². The molecule has 8 nitrogen and oxygen atoms in total. The van der Waals surface area contributed by atoms with E-state index in [2.05, 4.69) is 0 Å². The van der Waals surface area contributed by atoms with Gasteiger partial charge in [-0.25, -0.2) is 0 Å². The van der Waals surface area contributed by atoms with Crippen LogP contribution in [0, 0.1) is 6.92 Å². The van der Waals surface area contributed by atoms with Crippen molar-refractivity contribution in [3.63, 3.8) is 0 Å².